The summed E-state index contributed by atoms with van der Waals surface area (Å²) in [7, 11) is 0. The van der Waals surface area contributed by atoms with Crippen LogP contribution in [0.4, 0.5) is 5.69 Å². The Balaban J connectivity index is 1.45. The van der Waals surface area contributed by atoms with Gasteiger partial charge in [-0.3, -0.25) is 9.59 Å². The summed E-state index contributed by atoms with van der Waals surface area (Å²) in [6, 6.07) is 15.5. The van der Waals surface area contributed by atoms with Gasteiger partial charge in [0, 0.05) is 31.1 Å². The van der Waals surface area contributed by atoms with Crippen LogP contribution in [0.1, 0.15) is 17.5 Å². The third kappa shape index (κ3) is 4.63. The molecule has 1 aliphatic heterocycles. The summed E-state index contributed by atoms with van der Waals surface area (Å²) >= 11 is 0. The number of amides is 2. The Labute approximate surface area is 154 Å². The molecular weight excluding hydrogens is 328 g/mol. The summed E-state index contributed by atoms with van der Waals surface area (Å²) in [4.78, 5) is 26.0. The summed E-state index contributed by atoms with van der Waals surface area (Å²) in [5, 5.41) is 2.87. The predicted molar refractivity (Wildman–Crippen MR) is 101 cm³/mol. The van der Waals surface area contributed by atoms with Crippen LogP contribution in [0.5, 0.6) is 5.75 Å². The number of nitrogens with zero attached hydrogens (tertiary/aromatic N) is 1. The van der Waals surface area contributed by atoms with Crippen molar-refractivity contribution in [1.29, 1.82) is 0 Å². The summed E-state index contributed by atoms with van der Waals surface area (Å²) in [6.07, 6.45) is 0.451. The third-order valence-electron chi connectivity index (χ3n) is 4.50. The number of rotatable bonds is 6. The summed E-state index contributed by atoms with van der Waals surface area (Å²) in [5.41, 5.74) is 3.17. The van der Waals surface area contributed by atoms with E-state index in [1.807, 2.05) is 62.4 Å². The van der Waals surface area contributed by atoms with Crippen molar-refractivity contribution in [2.24, 2.45) is 5.92 Å². The number of aryl methyl sites for hydroxylation is 2. The highest BCUT2D eigenvalue weighted by atomic mass is 16.5. The largest absolute Gasteiger partial charge is 0.484 e. The van der Waals surface area contributed by atoms with Gasteiger partial charge in [0.25, 0.3) is 5.91 Å². The quantitative estimate of drug-likeness (QED) is 0.870. The van der Waals surface area contributed by atoms with E-state index in [2.05, 4.69) is 5.32 Å². The molecule has 0 radical (unpaired) electrons. The molecule has 1 aliphatic rings. The van der Waals surface area contributed by atoms with E-state index in [9.17, 15) is 9.59 Å². The van der Waals surface area contributed by atoms with Crippen molar-refractivity contribution >= 4 is 17.5 Å². The number of nitrogens with one attached hydrogen (secondary N) is 1. The fourth-order valence-electron chi connectivity index (χ4n) is 3.06. The molecule has 1 heterocycles. The summed E-state index contributed by atoms with van der Waals surface area (Å²) in [6.45, 7) is 5.08. The number of benzene rings is 2. The smallest absolute Gasteiger partial charge is 0.257 e. The minimum atomic E-state index is -0.173. The fourth-order valence-corrected chi connectivity index (χ4v) is 3.06. The molecule has 1 saturated heterocycles. The molecule has 1 atom stereocenters. The van der Waals surface area contributed by atoms with E-state index in [-0.39, 0.29) is 24.3 Å². The van der Waals surface area contributed by atoms with Crippen LogP contribution in [0.3, 0.4) is 0 Å². The highest BCUT2D eigenvalue weighted by Crippen LogP contribution is 2.25. The first kappa shape index (κ1) is 18.0. The molecule has 5 heteroatoms. The van der Waals surface area contributed by atoms with Crippen LogP contribution >= 0.6 is 0 Å². The molecular formula is C21H24N2O3. The minimum Gasteiger partial charge on any atom is -0.484 e. The lowest BCUT2D eigenvalue weighted by Crippen LogP contribution is -2.34. The van der Waals surface area contributed by atoms with Gasteiger partial charge in [-0.15, -0.1) is 0 Å². The van der Waals surface area contributed by atoms with E-state index in [1.54, 1.807) is 4.90 Å². The van der Waals surface area contributed by atoms with Crippen LogP contribution in [0.2, 0.25) is 0 Å². The zero-order chi connectivity index (χ0) is 18.5. The maximum absolute atomic E-state index is 12.2. The second kappa shape index (κ2) is 8.04. The lowest BCUT2D eigenvalue weighted by Gasteiger charge is -2.17. The topological polar surface area (TPSA) is 58.6 Å². The van der Waals surface area contributed by atoms with Crippen LogP contribution < -0.4 is 15.0 Å². The van der Waals surface area contributed by atoms with Gasteiger partial charge in [-0.05, 0) is 43.7 Å². The molecule has 0 saturated carbocycles. The number of hydrogen-bond donors (Lipinski definition) is 1. The second-order valence-electron chi connectivity index (χ2n) is 6.82. The molecule has 2 aromatic rings. The van der Waals surface area contributed by atoms with E-state index >= 15 is 0 Å². The third-order valence-corrected chi connectivity index (χ3v) is 4.50. The van der Waals surface area contributed by atoms with E-state index in [1.165, 1.54) is 0 Å². The molecule has 0 aliphatic carbocycles. The van der Waals surface area contributed by atoms with Gasteiger partial charge in [0.05, 0.1) is 0 Å². The Morgan fingerprint density at radius 2 is 1.92 bits per heavy atom. The molecule has 5 nitrogen and oxygen atoms in total. The van der Waals surface area contributed by atoms with E-state index in [0.29, 0.717) is 25.3 Å². The van der Waals surface area contributed by atoms with Gasteiger partial charge in [-0.1, -0.05) is 29.8 Å². The Morgan fingerprint density at radius 3 is 2.65 bits per heavy atom. The van der Waals surface area contributed by atoms with Gasteiger partial charge >= 0.3 is 0 Å². The van der Waals surface area contributed by atoms with Crippen molar-refractivity contribution in [2.75, 3.05) is 24.6 Å². The summed E-state index contributed by atoms with van der Waals surface area (Å²) < 4.78 is 5.50. The van der Waals surface area contributed by atoms with Crippen LogP contribution in [-0.2, 0) is 9.59 Å². The Hall–Kier alpha value is -2.82. The van der Waals surface area contributed by atoms with Gasteiger partial charge < -0.3 is 15.0 Å². The van der Waals surface area contributed by atoms with Crippen LogP contribution in [0.15, 0.2) is 48.5 Å². The molecule has 3 rings (SSSR count). The van der Waals surface area contributed by atoms with Gasteiger partial charge in [-0.2, -0.15) is 0 Å². The van der Waals surface area contributed by atoms with Crippen molar-refractivity contribution in [3.8, 4) is 5.75 Å². The van der Waals surface area contributed by atoms with E-state index in [4.69, 9.17) is 4.74 Å². The maximum Gasteiger partial charge on any atom is 0.257 e. The van der Waals surface area contributed by atoms with Gasteiger partial charge in [0.15, 0.2) is 6.61 Å². The average molecular weight is 352 g/mol. The van der Waals surface area contributed by atoms with Crippen molar-refractivity contribution in [2.45, 2.75) is 20.3 Å². The molecule has 0 spiro atoms. The molecule has 2 aromatic carbocycles. The SMILES string of the molecule is Cc1ccc(N2CC(CNC(=O)COc3cccc(C)c3)CC2=O)cc1. The highest BCUT2D eigenvalue weighted by Gasteiger charge is 2.30. The first-order valence-corrected chi connectivity index (χ1v) is 8.84. The molecule has 1 unspecified atom stereocenters. The van der Waals surface area contributed by atoms with Gasteiger partial charge in [0.1, 0.15) is 5.75 Å². The van der Waals surface area contributed by atoms with Crippen LogP contribution in [0, 0.1) is 19.8 Å². The first-order valence-electron chi connectivity index (χ1n) is 8.84. The number of ether oxygens (including phenoxy) is 1. The molecule has 0 bridgehead atoms. The van der Waals surface area contributed by atoms with Gasteiger partial charge in [0.2, 0.25) is 5.91 Å². The molecule has 26 heavy (non-hydrogen) atoms. The lowest BCUT2D eigenvalue weighted by molar-refractivity contribution is -0.123. The molecule has 136 valence electrons. The van der Waals surface area contributed by atoms with E-state index < -0.39 is 0 Å². The van der Waals surface area contributed by atoms with E-state index in [0.717, 1.165) is 16.8 Å². The second-order valence-corrected chi connectivity index (χ2v) is 6.82. The number of carbonyl (C=O) groups excluding carboxylic acids is 2. The molecule has 1 fully saturated rings. The fraction of sp³-hybridized carbons (Fsp3) is 0.333. The molecule has 2 amide bonds. The number of anilines is 1. The Bertz CT molecular complexity index is 786. The van der Waals surface area contributed by atoms with Crippen molar-refractivity contribution < 1.29 is 14.3 Å². The Kier molecular flexibility index (Phi) is 5.56. The van der Waals surface area contributed by atoms with Crippen LogP contribution in [-0.4, -0.2) is 31.5 Å². The zero-order valence-corrected chi connectivity index (χ0v) is 15.2. The van der Waals surface area contributed by atoms with Crippen LogP contribution in [0.25, 0.3) is 0 Å². The predicted octanol–water partition coefficient (Wildman–Crippen LogP) is 2.85. The van der Waals surface area contributed by atoms with Gasteiger partial charge in [-0.25, -0.2) is 0 Å². The van der Waals surface area contributed by atoms with Crippen molar-refractivity contribution in [3.05, 3.63) is 59.7 Å². The maximum atomic E-state index is 12.2. The highest BCUT2D eigenvalue weighted by molar-refractivity contribution is 5.95. The lowest BCUT2D eigenvalue weighted by atomic mass is 10.1. The normalized spacial score (nSPS) is 16.6. The number of hydrogen-bond acceptors (Lipinski definition) is 3. The Morgan fingerprint density at radius 1 is 1.15 bits per heavy atom. The molecule has 1 N–H and O–H groups in total. The molecule has 0 aromatic heterocycles. The summed E-state index contributed by atoms with van der Waals surface area (Å²) in [5.74, 6) is 0.727. The average Bonchev–Trinajstić information content (AvgIpc) is 3.00. The first-order chi connectivity index (χ1) is 12.5. The number of carbonyl (C=O) groups is 2. The zero-order valence-electron chi connectivity index (χ0n) is 15.2. The van der Waals surface area contributed by atoms with Crippen molar-refractivity contribution in [3.63, 3.8) is 0 Å². The monoisotopic (exact) mass is 352 g/mol. The minimum absolute atomic E-state index is 0.0220. The standard InChI is InChI=1S/C21H24N2O3/c1-15-6-8-18(9-7-15)23-13-17(11-21(23)25)12-22-20(24)14-26-19-5-3-4-16(2)10-19/h3-10,17H,11-14H2,1-2H3,(H,22,24). The van der Waals surface area contributed by atoms with Crippen molar-refractivity contribution in [1.82, 2.24) is 5.32 Å².